The molecule has 2 N–H and O–H groups in total. The van der Waals surface area contributed by atoms with Crippen LogP contribution in [0.25, 0.3) is 0 Å². The molecular formula is C21H22N2O4. The van der Waals surface area contributed by atoms with Gasteiger partial charge >= 0.3 is 11.9 Å². The van der Waals surface area contributed by atoms with Crippen LogP contribution in [-0.2, 0) is 14.3 Å². The molecule has 2 heterocycles. The summed E-state index contributed by atoms with van der Waals surface area (Å²) < 4.78 is 9.76. The van der Waals surface area contributed by atoms with E-state index in [1.54, 1.807) is 12.1 Å². The lowest BCUT2D eigenvalue weighted by Gasteiger charge is -2.39. The Bertz CT molecular complexity index is 865. The van der Waals surface area contributed by atoms with E-state index in [1.807, 2.05) is 24.3 Å². The second-order valence-corrected chi connectivity index (χ2v) is 6.93. The first-order chi connectivity index (χ1) is 13.1. The van der Waals surface area contributed by atoms with Crippen LogP contribution in [0.5, 0.6) is 0 Å². The van der Waals surface area contributed by atoms with E-state index in [2.05, 4.69) is 22.8 Å². The number of para-hydroxylation sites is 1. The zero-order valence-corrected chi connectivity index (χ0v) is 15.3. The summed E-state index contributed by atoms with van der Waals surface area (Å²) in [6.45, 7) is 0. The van der Waals surface area contributed by atoms with Crippen LogP contribution < -0.4 is 10.6 Å². The molecule has 6 heteroatoms. The summed E-state index contributed by atoms with van der Waals surface area (Å²) >= 11 is 0. The van der Waals surface area contributed by atoms with Gasteiger partial charge in [0.05, 0.1) is 31.9 Å². The van der Waals surface area contributed by atoms with Gasteiger partial charge in [0, 0.05) is 11.6 Å². The normalized spacial score (nSPS) is 25.7. The van der Waals surface area contributed by atoms with Gasteiger partial charge in [-0.25, -0.2) is 4.79 Å². The SMILES string of the molecule is COC(=O)c1ccc(C2NC(C(=O)OC)CC3c4ccccc4NC32)cc1. The number of methoxy groups -OCH3 is 2. The molecule has 0 aliphatic carbocycles. The minimum absolute atomic E-state index is 0.0908. The minimum Gasteiger partial charge on any atom is -0.468 e. The van der Waals surface area contributed by atoms with Crippen LogP contribution in [0, 0.1) is 0 Å². The maximum Gasteiger partial charge on any atom is 0.337 e. The summed E-state index contributed by atoms with van der Waals surface area (Å²) in [5, 5.41) is 7.04. The monoisotopic (exact) mass is 366 g/mol. The first-order valence-corrected chi connectivity index (χ1v) is 9.00. The summed E-state index contributed by atoms with van der Waals surface area (Å²) in [6, 6.07) is 15.2. The topological polar surface area (TPSA) is 76.7 Å². The van der Waals surface area contributed by atoms with E-state index in [4.69, 9.17) is 9.47 Å². The van der Waals surface area contributed by atoms with Crippen LogP contribution in [0.15, 0.2) is 48.5 Å². The van der Waals surface area contributed by atoms with Gasteiger partial charge in [0.15, 0.2) is 0 Å². The highest BCUT2D eigenvalue weighted by Gasteiger charge is 2.45. The predicted octanol–water partition coefficient (Wildman–Crippen LogP) is 2.63. The lowest BCUT2D eigenvalue weighted by molar-refractivity contribution is -0.144. The number of carbonyl (C=O) groups excluding carboxylic acids is 2. The van der Waals surface area contributed by atoms with E-state index < -0.39 is 0 Å². The van der Waals surface area contributed by atoms with E-state index in [9.17, 15) is 9.59 Å². The third-order valence-electron chi connectivity index (χ3n) is 5.52. The Morgan fingerprint density at radius 1 is 1.00 bits per heavy atom. The fourth-order valence-electron chi connectivity index (χ4n) is 4.21. The number of ether oxygens (including phenoxy) is 2. The fraction of sp³-hybridized carbons (Fsp3) is 0.333. The smallest absolute Gasteiger partial charge is 0.337 e. The first kappa shape index (κ1) is 17.5. The average Bonchev–Trinajstić information content (AvgIpc) is 3.10. The van der Waals surface area contributed by atoms with Crippen LogP contribution in [0.3, 0.4) is 0 Å². The average molecular weight is 366 g/mol. The first-order valence-electron chi connectivity index (χ1n) is 9.00. The van der Waals surface area contributed by atoms with Gasteiger partial charge in [-0.2, -0.15) is 0 Å². The van der Waals surface area contributed by atoms with Crippen molar-refractivity contribution < 1.29 is 19.1 Å². The summed E-state index contributed by atoms with van der Waals surface area (Å²) in [5.74, 6) is -0.416. The molecule has 0 spiro atoms. The Balaban J connectivity index is 1.68. The van der Waals surface area contributed by atoms with Crippen molar-refractivity contribution in [2.75, 3.05) is 19.5 Å². The molecular weight excluding hydrogens is 344 g/mol. The highest BCUT2D eigenvalue weighted by molar-refractivity contribution is 5.89. The van der Waals surface area contributed by atoms with Gasteiger partial charge in [0.1, 0.15) is 6.04 Å². The van der Waals surface area contributed by atoms with Crippen LogP contribution in [0.4, 0.5) is 5.69 Å². The Morgan fingerprint density at radius 3 is 2.44 bits per heavy atom. The molecule has 0 bridgehead atoms. The van der Waals surface area contributed by atoms with Crippen molar-refractivity contribution in [1.82, 2.24) is 5.32 Å². The van der Waals surface area contributed by atoms with Gasteiger partial charge in [0.25, 0.3) is 0 Å². The molecule has 0 aromatic heterocycles. The summed E-state index contributed by atoms with van der Waals surface area (Å²) in [5.41, 5.74) is 3.84. The molecule has 1 fully saturated rings. The van der Waals surface area contributed by atoms with Gasteiger partial charge in [-0.05, 0) is 35.7 Å². The van der Waals surface area contributed by atoms with Gasteiger partial charge in [-0.15, -0.1) is 0 Å². The van der Waals surface area contributed by atoms with E-state index in [0.717, 1.165) is 11.3 Å². The molecule has 2 aliphatic heterocycles. The lowest BCUT2D eigenvalue weighted by Crippen LogP contribution is -2.52. The van der Waals surface area contributed by atoms with Crippen molar-refractivity contribution >= 4 is 17.6 Å². The molecule has 0 amide bonds. The summed E-state index contributed by atoms with van der Waals surface area (Å²) in [6.07, 6.45) is 0.679. The number of carbonyl (C=O) groups is 2. The largest absolute Gasteiger partial charge is 0.468 e. The number of esters is 2. The van der Waals surface area contributed by atoms with Gasteiger partial charge in [0.2, 0.25) is 0 Å². The molecule has 4 unspecified atom stereocenters. The zero-order chi connectivity index (χ0) is 19.0. The number of benzene rings is 2. The van der Waals surface area contributed by atoms with Crippen molar-refractivity contribution in [2.45, 2.75) is 30.5 Å². The minimum atomic E-state index is -0.380. The molecule has 140 valence electrons. The van der Waals surface area contributed by atoms with Gasteiger partial charge < -0.3 is 14.8 Å². The second-order valence-electron chi connectivity index (χ2n) is 6.93. The number of hydrogen-bond acceptors (Lipinski definition) is 6. The Kier molecular flexibility index (Phi) is 4.58. The van der Waals surface area contributed by atoms with Crippen molar-refractivity contribution in [2.24, 2.45) is 0 Å². The standard InChI is InChI=1S/C21H22N2O4/c1-26-20(24)13-9-7-12(8-10-13)18-19-15(11-17(23-18)21(25)27-2)14-5-3-4-6-16(14)22-19/h3-10,15,17-19,22-23H,11H2,1-2H3. The summed E-state index contributed by atoms with van der Waals surface area (Å²) in [7, 11) is 2.78. The van der Waals surface area contributed by atoms with Gasteiger partial charge in [-0.1, -0.05) is 30.3 Å². The number of nitrogens with one attached hydrogen (secondary N) is 2. The quantitative estimate of drug-likeness (QED) is 0.814. The van der Waals surface area contributed by atoms with Crippen LogP contribution >= 0.6 is 0 Å². The molecule has 4 atom stereocenters. The lowest BCUT2D eigenvalue weighted by atomic mass is 9.79. The fourth-order valence-corrected chi connectivity index (χ4v) is 4.21. The van der Waals surface area contributed by atoms with Crippen molar-refractivity contribution in [3.63, 3.8) is 0 Å². The summed E-state index contributed by atoms with van der Waals surface area (Å²) in [4.78, 5) is 24.0. The molecule has 0 radical (unpaired) electrons. The predicted molar refractivity (Wildman–Crippen MR) is 101 cm³/mol. The number of anilines is 1. The molecule has 6 nitrogen and oxygen atoms in total. The third-order valence-corrected chi connectivity index (χ3v) is 5.52. The van der Waals surface area contributed by atoms with Crippen LogP contribution in [-0.4, -0.2) is 38.2 Å². The van der Waals surface area contributed by atoms with E-state index in [1.165, 1.54) is 19.8 Å². The molecule has 0 saturated carbocycles. The second kappa shape index (κ2) is 7.04. The highest BCUT2D eigenvalue weighted by atomic mass is 16.5. The highest BCUT2D eigenvalue weighted by Crippen LogP contribution is 2.46. The number of fused-ring (bicyclic) bond motifs is 3. The maximum absolute atomic E-state index is 12.3. The van der Waals surface area contributed by atoms with Crippen molar-refractivity contribution in [3.05, 3.63) is 65.2 Å². The van der Waals surface area contributed by atoms with Crippen molar-refractivity contribution in [3.8, 4) is 0 Å². The Hall–Kier alpha value is -2.86. The molecule has 4 rings (SSSR count). The third kappa shape index (κ3) is 3.06. The van der Waals surface area contributed by atoms with E-state index in [0.29, 0.717) is 12.0 Å². The number of piperidine rings is 1. The van der Waals surface area contributed by atoms with E-state index >= 15 is 0 Å². The van der Waals surface area contributed by atoms with E-state index in [-0.39, 0.29) is 36.0 Å². The molecule has 27 heavy (non-hydrogen) atoms. The Labute approximate surface area is 157 Å². The van der Waals surface area contributed by atoms with Gasteiger partial charge in [-0.3, -0.25) is 10.1 Å². The Morgan fingerprint density at radius 2 is 1.74 bits per heavy atom. The molecule has 2 aromatic carbocycles. The number of rotatable bonds is 3. The van der Waals surface area contributed by atoms with Crippen LogP contribution in [0.2, 0.25) is 0 Å². The zero-order valence-electron chi connectivity index (χ0n) is 15.3. The molecule has 1 saturated heterocycles. The molecule has 2 aliphatic rings. The molecule has 2 aromatic rings. The number of hydrogen-bond donors (Lipinski definition) is 2. The van der Waals surface area contributed by atoms with Crippen LogP contribution in [0.1, 0.15) is 39.9 Å². The maximum atomic E-state index is 12.3. The van der Waals surface area contributed by atoms with Crippen molar-refractivity contribution in [1.29, 1.82) is 0 Å².